The van der Waals surface area contributed by atoms with E-state index in [-0.39, 0.29) is 24.4 Å². The highest BCUT2D eigenvalue weighted by Gasteiger charge is 2.33. The molecule has 2 N–H and O–H groups in total. The van der Waals surface area contributed by atoms with Crippen molar-refractivity contribution in [3.63, 3.8) is 0 Å². The molecule has 1 rings (SSSR count). The van der Waals surface area contributed by atoms with Crippen LogP contribution >= 0.6 is 12.4 Å². The SMILES string of the molecule is CN(Cc1ccccc1C(F)(F)F)CC(C)(C)CN.Cl. The largest absolute Gasteiger partial charge is 0.416 e. The van der Waals surface area contributed by atoms with Crippen molar-refractivity contribution >= 4 is 12.4 Å². The Morgan fingerprint density at radius 1 is 1.15 bits per heavy atom. The standard InChI is InChI=1S/C14H21F3N2.ClH/c1-13(2,9-18)10-19(3)8-11-6-4-5-7-12(11)14(15,16)17;/h4-7H,8-10,18H2,1-3H3;1H. The number of hydrogen-bond donors (Lipinski definition) is 1. The van der Waals surface area contributed by atoms with Crippen LogP contribution in [0.5, 0.6) is 0 Å². The van der Waals surface area contributed by atoms with Gasteiger partial charge in [-0.1, -0.05) is 32.0 Å². The van der Waals surface area contributed by atoms with Crippen molar-refractivity contribution in [1.82, 2.24) is 4.90 Å². The van der Waals surface area contributed by atoms with Gasteiger partial charge in [0.2, 0.25) is 0 Å². The average molecular weight is 311 g/mol. The van der Waals surface area contributed by atoms with Crippen LogP contribution < -0.4 is 5.73 Å². The Hall–Kier alpha value is -0.780. The topological polar surface area (TPSA) is 29.3 Å². The van der Waals surface area contributed by atoms with Crippen LogP contribution in [0.15, 0.2) is 24.3 Å². The summed E-state index contributed by atoms with van der Waals surface area (Å²) in [6, 6.07) is 5.69. The Balaban J connectivity index is 0.00000361. The van der Waals surface area contributed by atoms with Gasteiger partial charge in [-0.25, -0.2) is 0 Å². The second-order valence-electron chi connectivity index (χ2n) is 5.70. The molecule has 0 saturated carbocycles. The lowest BCUT2D eigenvalue weighted by Crippen LogP contribution is -2.36. The van der Waals surface area contributed by atoms with Crippen molar-refractivity contribution in [2.75, 3.05) is 20.1 Å². The van der Waals surface area contributed by atoms with E-state index < -0.39 is 11.7 Å². The third-order valence-corrected chi connectivity index (χ3v) is 3.01. The molecule has 2 nitrogen and oxygen atoms in total. The van der Waals surface area contributed by atoms with Gasteiger partial charge in [-0.3, -0.25) is 0 Å². The summed E-state index contributed by atoms with van der Waals surface area (Å²) in [4.78, 5) is 1.87. The van der Waals surface area contributed by atoms with E-state index in [1.165, 1.54) is 12.1 Å². The zero-order valence-corrected chi connectivity index (χ0v) is 12.8. The molecule has 0 aliphatic heterocycles. The first-order valence-electron chi connectivity index (χ1n) is 6.19. The number of rotatable bonds is 5. The van der Waals surface area contributed by atoms with Crippen LogP contribution in [0.2, 0.25) is 0 Å². The summed E-state index contributed by atoms with van der Waals surface area (Å²) in [5, 5.41) is 0. The van der Waals surface area contributed by atoms with Gasteiger partial charge < -0.3 is 10.6 Å². The molecule has 0 aliphatic carbocycles. The lowest BCUT2D eigenvalue weighted by atomic mass is 9.93. The molecular formula is C14H22ClF3N2. The molecule has 0 radical (unpaired) electrons. The van der Waals surface area contributed by atoms with Gasteiger partial charge in [0.15, 0.2) is 0 Å². The summed E-state index contributed by atoms with van der Waals surface area (Å²) in [6.07, 6.45) is -4.30. The molecule has 0 amide bonds. The molecule has 0 atom stereocenters. The maximum absolute atomic E-state index is 12.9. The Morgan fingerprint density at radius 2 is 1.70 bits per heavy atom. The van der Waals surface area contributed by atoms with Crippen molar-refractivity contribution < 1.29 is 13.2 Å². The van der Waals surface area contributed by atoms with Crippen molar-refractivity contribution in [2.24, 2.45) is 11.1 Å². The lowest BCUT2D eigenvalue weighted by Gasteiger charge is -2.29. The van der Waals surface area contributed by atoms with Crippen LogP contribution in [0.1, 0.15) is 25.0 Å². The Kier molecular flexibility index (Phi) is 7.01. The van der Waals surface area contributed by atoms with Crippen molar-refractivity contribution in [1.29, 1.82) is 0 Å². The van der Waals surface area contributed by atoms with E-state index in [2.05, 4.69) is 0 Å². The van der Waals surface area contributed by atoms with Crippen molar-refractivity contribution in [3.8, 4) is 0 Å². The smallest absolute Gasteiger partial charge is 0.330 e. The number of nitrogens with zero attached hydrogens (tertiary/aromatic N) is 1. The van der Waals surface area contributed by atoms with E-state index in [9.17, 15) is 13.2 Å². The van der Waals surface area contributed by atoms with Crippen LogP contribution in [0.25, 0.3) is 0 Å². The monoisotopic (exact) mass is 310 g/mol. The number of nitrogens with two attached hydrogens (primary N) is 1. The van der Waals surface area contributed by atoms with Gasteiger partial charge in [0.25, 0.3) is 0 Å². The number of alkyl halides is 3. The molecule has 0 bridgehead atoms. The summed E-state index contributed by atoms with van der Waals surface area (Å²) in [5.74, 6) is 0. The molecule has 116 valence electrons. The van der Waals surface area contributed by atoms with E-state index in [0.29, 0.717) is 18.7 Å². The van der Waals surface area contributed by atoms with E-state index >= 15 is 0 Å². The van der Waals surface area contributed by atoms with Gasteiger partial charge in [-0.15, -0.1) is 12.4 Å². The van der Waals surface area contributed by atoms with Gasteiger partial charge >= 0.3 is 6.18 Å². The van der Waals surface area contributed by atoms with Crippen LogP contribution in [-0.4, -0.2) is 25.0 Å². The Labute approximate surface area is 124 Å². The number of hydrogen-bond acceptors (Lipinski definition) is 2. The fourth-order valence-electron chi connectivity index (χ4n) is 2.08. The molecule has 0 unspecified atom stereocenters. The minimum absolute atomic E-state index is 0. The van der Waals surface area contributed by atoms with Gasteiger partial charge in [0, 0.05) is 13.1 Å². The Bertz CT molecular complexity index is 419. The molecule has 0 aromatic heterocycles. The van der Waals surface area contributed by atoms with Crippen LogP contribution in [-0.2, 0) is 12.7 Å². The molecule has 6 heteroatoms. The molecule has 0 saturated heterocycles. The van der Waals surface area contributed by atoms with Gasteiger partial charge in [0.1, 0.15) is 0 Å². The molecule has 1 aromatic carbocycles. The maximum Gasteiger partial charge on any atom is 0.416 e. The summed E-state index contributed by atoms with van der Waals surface area (Å²) in [5.41, 5.74) is 5.27. The first-order valence-corrected chi connectivity index (χ1v) is 6.19. The van der Waals surface area contributed by atoms with Crippen LogP contribution in [0.3, 0.4) is 0 Å². The first kappa shape index (κ1) is 19.2. The molecule has 1 aromatic rings. The highest BCUT2D eigenvalue weighted by atomic mass is 35.5. The number of halogens is 4. The summed E-state index contributed by atoms with van der Waals surface area (Å²) < 4.78 is 38.6. The zero-order chi connectivity index (χ0) is 14.7. The van der Waals surface area contributed by atoms with Crippen LogP contribution in [0.4, 0.5) is 13.2 Å². The van der Waals surface area contributed by atoms with Crippen LogP contribution in [0, 0.1) is 5.41 Å². The normalized spacial score (nSPS) is 12.4. The highest BCUT2D eigenvalue weighted by molar-refractivity contribution is 5.85. The van der Waals surface area contributed by atoms with E-state index in [1.54, 1.807) is 6.07 Å². The zero-order valence-electron chi connectivity index (χ0n) is 12.0. The molecule has 0 spiro atoms. The van der Waals surface area contributed by atoms with Crippen molar-refractivity contribution in [3.05, 3.63) is 35.4 Å². The third kappa shape index (κ3) is 5.69. The summed E-state index contributed by atoms with van der Waals surface area (Å²) in [6.45, 7) is 5.41. The van der Waals surface area contributed by atoms with E-state index in [1.807, 2.05) is 25.8 Å². The lowest BCUT2D eigenvalue weighted by molar-refractivity contribution is -0.138. The first-order chi connectivity index (χ1) is 8.65. The Morgan fingerprint density at radius 3 is 2.20 bits per heavy atom. The number of benzene rings is 1. The summed E-state index contributed by atoms with van der Waals surface area (Å²) in [7, 11) is 1.81. The molecule has 0 heterocycles. The fourth-order valence-corrected chi connectivity index (χ4v) is 2.08. The molecule has 0 aliphatic rings. The molecule has 20 heavy (non-hydrogen) atoms. The minimum Gasteiger partial charge on any atom is -0.330 e. The van der Waals surface area contributed by atoms with Gasteiger partial charge in [-0.05, 0) is 30.6 Å². The van der Waals surface area contributed by atoms with E-state index in [0.717, 1.165) is 6.07 Å². The fraction of sp³-hybridized carbons (Fsp3) is 0.571. The van der Waals surface area contributed by atoms with Gasteiger partial charge in [0.05, 0.1) is 5.56 Å². The van der Waals surface area contributed by atoms with E-state index in [4.69, 9.17) is 5.73 Å². The average Bonchev–Trinajstić information content (AvgIpc) is 2.27. The second kappa shape index (κ2) is 7.29. The quantitative estimate of drug-likeness (QED) is 0.901. The predicted octanol–water partition coefficient (Wildman–Crippen LogP) is 3.54. The third-order valence-electron chi connectivity index (χ3n) is 3.01. The van der Waals surface area contributed by atoms with Crippen molar-refractivity contribution in [2.45, 2.75) is 26.6 Å². The maximum atomic E-state index is 12.9. The highest BCUT2D eigenvalue weighted by Crippen LogP contribution is 2.32. The molecule has 0 fully saturated rings. The second-order valence-corrected chi connectivity index (χ2v) is 5.70. The predicted molar refractivity (Wildman–Crippen MR) is 77.9 cm³/mol. The summed E-state index contributed by atoms with van der Waals surface area (Å²) >= 11 is 0. The minimum atomic E-state index is -4.30. The van der Waals surface area contributed by atoms with Gasteiger partial charge in [-0.2, -0.15) is 13.2 Å². The molecular weight excluding hydrogens is 289 g/mol.